The van der Waals surface area contributed by atoms with E-state index in [9.17, 15) is 8.42 Å². The summed E-state index contributed by atoms with van der Waals surface area (Å²) in [5.41, 5.74) is 2.06. The number of para-hydroxylation sites is 1. The molecule has 1 saturated heterocycles. The van der Waals surface area contributed by atoms with E-state index in [1.807, 2.05) is 24.3 Å². The molecule has 3 aromatic rings. The lowest BCUT2D eigenvalue weighted by Crippen LogP contribution is -2.48. The fraction of sp³-hybridized carbons (Fsp3) is 0.318. The van der Waals surface area contributed by atoms with Gasteiger partial charge in [-0.15, -0.1) is 11.3 Å². The van der Waals surface area contributed by atoms with E-state index in [4.69, 9.17) is 14.5 Å². The summed E-state index contributed by atoms with van der Waals surface area (Å²) in [6.45, 7) is 1.94. The van der Waals surface area contributed by atoms with Crippen molar-refractivity contribution < 1.29 is 17.9 Å². The van der Waals surface area contributed by atoms with Crippen molar-refractivity contribution in [2.75, 3.05) is 45.3 Å². The highest BCUT2D eigenvalue weighted by Gasteiger charge is 2.31. The number of methoxy groups -OCH3 is 2. The molecule has 2 heterocycles. The molecule has 0 spiro atoms. The lowest BCUT2D eigenvalue weighted by molar-refractivity contribution is 0.374. The molecule has 4 rings (SSSR count). The number of piperazine rings is 1. The zero-order valence-corrected chi connectivity index (χ0v) is 21.0. The zero-order chi connectivity index (χ0) is 22.7. The highest BCUT2D eigenvalue weighted by molar-refractivity contribution is 9.10. The normalized spacial score (nSPS) is 15.0. The summed E-state index contributed by atoms with van der Waals surface area (Å²) >= 11 is 4.94. The lowest BCUT2D eigenvalue weighted by atomic mass is 10.1. The van der Waals surface area contributed by atoms with Crippen molar-refractivity contribution >= 4 is 42.4 Å². The standard InChI is InChI=1S/C22H24BrN3O4S2/c1-29-19-6-4-3-5-16(19)13-18-15-31-22(24-18)25-9-11-26(12-10-25)32(27,28)21-14-17(23)7-8-20(21)30-2/h3-8,14-15H,9-13H2,1-2H3. The molecule has 0 N–H and O–H groups in total. The zero-order valence-electron chi connectivity index (χ0n) is 17.8. The van der Waals surface area contributed by atoms with Crippen molar-refractivity contribution in [1.82, 2.24) is 9.29 Å². The number of halogens is 1. The minimum absolute atomic E-state index is 0.177. The number of anilines is 1. The molecule has 1 aromatic heterocycles. The molecule has 7 nitrogen and oxygen atoms in total. The average molecular weight is 538 g/mol. The van der Waals surface area contributed by atoms with E-state index in [-0.39, 0.29) is 4.90 Å². The van der Waals surface area contributed by atoms with Gasteiger partial charge in [0.05, 0.1) is 19.9 Å². The van der Waals surface area contributed by atoms with Gasteiger partial charge in [-0.25, -0.2) is 13.4 Å². The molecule has 2 aromatic carbocycles. The van der Waals surface area contributed by atoms with Crippen molar-refractivity contribution in [3.05, 3.63) is 63.6 Å². The van der Waals surface area contributed by atoms with Gasteiger partial charge in [0.1, 0.15) is 16.4 Å². The van der Waals surface area contributed by atoms with Gasteiger partial charge in [-0.2, -0.15) is 4.31 Å². The van der Waals surface area contributed by atoms with Crippen LogP contribution in [0.15, 0.2) is 57.2 Å². The van der Waals surface area contributed by atoms with Crippen LogP contribution in [0.25, 0.3) is 0 Å². The Morgan fingerprint density at radius 1 is 1.03 bits per heavy atom. The highest BCUT2D eigenvalue weighted by atomic mass is 79.9. The summed E-state index contributed by atoms with van der Waals surface area (Å²) < 4.78 is 39.3. The number of aromatic nitrogens is 1. The molecule has 1 aliphatic rings. The minimum atomic E-state index is -3.66. The summed E-state index contributed by atoms with van der Waals surface area (Å²) in [6.07, 6.45) is 0.692. The third-order valence-corrected chi connectivity index (χ3v) is 8.72. The predicted octanol–water partition coefficient (Wildman–Crippen LogP) is 4.02. The summed E-state index contributed by atoms with van der Waals surface area (Å²) in [5, 5.41) is 2.96. The van der Waals surface area contributed by atoms with Crippen LogP contribution in [0.5, 0.6) is 11.5 Å². The quantitative estimate of drug-likeness (QED) is 0.453. The first-order valence-corrected chi connectivity index (χ1v) is 13.2. The first kappa shape index (κ1) is 23.0. The van der Waals surface area contributed by atoms with E-state index in [2.05, 4.69) is 26.2 Å². The van der Waals surface area contributed by atoms with Gasteiger partial charge in [0.2, 0.25) is 10.0 Å². The molecular formula is C22H24BrN3O4S2. The Kier molecular flexibility index (Phi) is 7.04. The molecule has 0 atom stereocenters. The van der Waals surface area contributed by atoms with Gasteiger partial charge in [0, 0.05) is 48.0 Å². The van der Waals surface area contributed by atoms with E-state index in [1.165, 1.54) is 11.4 Å². The lowest BCUT2D eigenvalue weighted by Gasteiger charge is -2.34. The maximum Gasteiger partial charge on any atom is 0.246 e. The summed E-state index contributed by atoms with van der Waals surface area (Å²) in [4.78, 5) is 7.10. The van der Waals surface area contributed by atoms with Crippen LogP contribution in [0.3, 0.4) is 0 Å². The first-order chi connectivity index (χ1) is 15.4. The number of hydrogen-bond donors (Lipinski definition) is 0. The fourth-order valence-corrected chi connectivity index (χ4v) is 6.67. The van der Waals surface area contributed by atoms with Crippen LogP contribution >= 0.6 is 27.3 Å². The van der Waals surface area contributed by atoms with Crippen LogP contribution in [-0.2, 0) is 16.4 Å². The van der Waals surface area contributed by atoms with Crippen molar-refractivity contribution in [1.29, 1.82) is 0 Å². The second-order valence-electron chi connectivity index (χ2n) is 7.30. The second-order valence-corrected chi connectivity index (χ2v) is 11.0. The Morgan fingerprint density at radius 3 is 2.47 bits per heavy atom. The molecular weight excluding hydrogens is 514 g/mol. The Hall–Kier alpha value is -2.14. The maximum atomic E-state index is 13.2. The van der Waals surface area contributed by atoms with Gasteiger partial charge in [-0.05, 0) is 24.3 Å². The largest absolute Gasteiger partial charge is 0.496 e. The fourth-order valence-electron chi connectivity index (χ4n) is 3.68. The van der Waals surface area contributed by atoms with Gasteiger partial charge in [0.15, 0.2) is 5.13 Å². The van der Waals surface area contributed by atoms with Crippen molar-refractivity contribution in [2.45, 2.75) is 11.3 Å². The smallest absolute Gasteiger partial charge is 0.246 e. The van der Waals surface area contributed by atoms with Crippen molar-refractivity contribution in [3.8, 4) is 11.5 Å². The third-order valence-electron chi connectivity index (χ3n) is 5.36. The Bertz CT molecular complexity index is 1190. The van der Waals surface area contributed by atoms with Gasteiger partial charge in [-0.3, -0.25) is 0 Å². The van der Waals surface area contributed by atoms with Crippen molar-refractivity contribution in [3.63, 3.8) is 0 Å². The highest BCUT2D eigenvalue weighted by Crippen LogP contribution is 2.31. The third kappa shape index (κ3) is 4.78. The summed E-state index contributed by atoms with van der Waals surface area (Å²) in [6, 6.07) is 12.9. The van der Waals surface area contributed by atoms with Crippen LogP contribution in [0.1, 0.15) is 11.3 Å². The van der Waals surface area contributed by atoms with E-state index in [1.54, 1.807) is 36.6 Å². The molecule has 10 heteroatoms. The van der Waals surface area contributed by atoms with Gasteiger partial charge in [-0.1, -0.05) is 34.1 Å². The Balaban J connectivity index is 1.44. The molecule has 0 radical (unpaired) electrons. The number of ether oxygens (including phenoxy) is 2. The molecule has 170 valence electrons. The van der Waals surface area contributed by atoms with Gasteiger partial charge in [0.25, 0.3) is 0 Å². The number of sulfonamides is 1. The molecule has 0 aliphatic carbocycles. The van der Waals surface area contributed by atoms with Crippen molar-refractivity contribution in [2.24, 2.45) is 0 Å². The molecule has 1 aliphatic heterocycles. The Labute approximate surface area is 200 Å². The molecule has 1 fully saturated rings. The van der Waals surface area contributed by atoms with E-state index in [0.717, 1.165) is 22.1 Å². The summed E-state index contributed by atoms with van der Waals surface area (Å²) in [7, 11) is -0.509. The number of thiazole rings is 1. The topological polar surface area (TPSA) is 72.0 Å². The van der Waals surface area contributed by atoms with Gasteiger partial charge < -0.3 is 14.4 Å². The molecule has 32 heavy (non-hydrogen) atoms. The van der Waals surface area contributed by atoms with Crippen LogP contribution in [-0.4, -0.2) is 58.1 Å². The number of benzene rings is 2. The molecule has 0 saturated carbocycles. The van der Waals surface area contributed by atoms with E-state index < -0.39 is 10.0 Å². The monoisotopic (exact) mass is 537 g/mol. The second kappa shape index (κ2) is 9.78. The first-order valence-electron chi connectivity index (χ1n) is 10.1. The Morgan fingerprint density at radius 2 is 1.75 bits per heavy atom. The van der Waals surface area contributed by atoms with Crippen LogP contribution in [0.4, 0.5) is 5.13 Å². The molecule has 0 amide bonds. The van der Waals surface area contributed by atoms with Crippen LogP contribution in [0.2, 0.25) is 0 Å². The summed E-state index contributed by atoms with van der Waals surface area (Å²) in [5.74, 6) is 1.19. The predicted molar refractivity (Wildman–Crippen MR) is 130 cm³/mol. The van der Waals surface area contributed by atoms with E-state index in [0.29, 0.717) is 42.8 Å². The number of rotatable bonds is 7. The van der Waals surface area contributed by atoms with Gasteiger partial charge >= 0.3 is 0 Å². The maximum absolute atomic E-state index is 13.2. The minimum Gasteiger partial charge on any atom is -0.496 e. The van der Waals surface area contributed by atoms with E-state index >= 15 is 0 Å². The molecule has 0 bridgehead atoms. The SMILES string of the molecule is COc1ccccc1Cc1csc(N2CCN(S(=O)(=O)c3cc(Br)ccc3OC)CC2)n1. The van der Waals surface area contributed by atoms with Crippen LogP contribution < -0.4 is 14.4 Å². The number of nitrogens with zero attached hydrogens (tertiary/aromatic N) is 3. The average Bonchev–Trinajstić information content (AvgIpc) is 3.28. The number of hydrogen-bond acceptors (Lipinski definition) is 7. The van der Waals surface area contributed by atoms with Crippen LogP contribution in [0, 0.1) is 0 Å². The molecule has 0 unspecified atom stereocenters.